The van der Waals surface area contributed by atoms with E-state index in [4.69, 9.17) is 0 Å². The molecule has 7 heteroatoms. The predicted molar refractivity (Wildman–Crippen MR) is 195 cm³/mol. The predicted octanol–water partition coefficient (Wildman–Crippen LogP) is 10.2. The fraction of sp³-hybridized carbons (Fsp3) is 0.0270. The molecule has 0 aliphatic heterocycles. The molecule has 2 nitrogen and oxygen atoms in total. The van der Waals surface area contributed by atoms with Gasteiger partial charge < -0.3 is 9.13 Å². The summed E-state index contributed by atoms with van der Waals surface area (Å²) in [5.74, 6) is 0. The molecule has 6 aromatic carbocycles. The molecule has 218 valence electrons. The van der Waals surface area contributed by atoms with Crippen molar-refractivity contribution in [1.82, 2.24) is 0 Å². The first kappa shape index (κ1) is 30.9. The Morgan fingerprint density at radius 2 is 0.591 bits per heavy atom. The van der Waals surface area contributed by atoms with Gasteiger partial charge in [-0.2, -0.15) is 0 Å². The van der Waals surface area contributed by atoms with Crippen LogP contribution in [-0.4, -0.2) is 5.14 Å². The second-order valence-corrected chi connectivity index (χ2v) is 23.6. The van der Waals surface area contributed by atoms with Crippen LogP contribution in [0.15, 0.2) is 192 Å². The van der Waals surface area contributed by atoms with Crippen molar-refractivity contribution >= 4 is 64.6 Å². The summed E-state index contributed by atoms with van der Waals surface area (Å²) >= 11 is 3.41. The third-order valence-electron chi connectivity index (χ3n) is 7.28. The molecule has 6 aromatic rings. The van der Waals surface area contributed by atoms with Crippen molar-refractivity contribution in [3.05, 3.63) is 182 Å². The van der Waals surface area contributed by atoms with Gasteiger partial charge in [0.1, 0.15) is 5.14 Å². The van der Waals surface area contributed by atoms with Crippen LogP contribution < -0.4 is 21.2 Å². The average Bonchev–Trinajstić information content (AvgIpc) is 3.10. The van der Waals surface area contributed by atoms with Gasteiger partial charge in [-0.3, -0.25) is 0 Å². The van der Waals surface area contributed by atoms with E-state index in [0.717, 1.165) is 31.0 Å². The lowest BCUT2D eigenvalue weighted by molar-refractivity contribution is 0.580. The minimum atomic E-state index is -3.59. The van der Waals surface area contributed by atoms with Crippen LogP contribution in [0.1, 0.15) is 0 Å². The molecule has 0 atom stereocenters. The fourth-order valence-corrected chi connectivity index (χ4v) is 28.7. The second kappa shape index (κ2) is 14.3. The van der Waals surface area contributed by atoms with Crippen LogP contribution in [0.4, 0.5) is 0 Å². The lowest BCUT2D eigenvalue weighted by atomic mass is 10.4. The van der Waals surface area contributed by atoms with Crippen molar-refractivity contribution < 1.29 is 9.13 Å². The monoisotopic (exact) mass is 664 g/mol. The highest BCUT2D eigenvalue weighted by Gasteiger charge is 2.54. The van der Waals surface area contributed by atoms with E-state index in [1.165, 1.54) is 0 Å². The lowest BCUT2D eigenvalue weighted by Gasteiger charge is -2.39. The summed E-state index contributed by atoms with van der Waals surface area (Å²) in [6.07, 6.45) is -1.34. The summed E-state index contributed by atoms with van der Waals surface area (Å²) in [4.78, 5) is 2.12. The standard InChI is InChI=1S/C37H31O2P3S2/c38-41(31-19-7-1-8-20-31,32-21-9-2-10-22-32)37(42(39,33-23-11-3-12-24-33)34-25-13-4-14-26-34)40(43-35-27-15-5-16-28-35)44-36-29-17-6-18-30-36/h1-30,37H. The maximum absolute atomic E-state index is 16.5. The summed E-state index contributed by atoms with van der Waals surface area (Å²) in [6.45, 7) is 0. The Bertz CT molecular complexity index is 1630. The number of hydrogen-bond acceptors (Lipinski definition) is 4. The van der Waals surface area contributed by atoms with Gasteiger partial charge in [-0.25, -0.2) is 0 Å². The van der Waals surface area contributed by atoms with Crippen LogP contribution >= 0.6 is 43.4 Å². The van der Waals surface area contributed by atoms with E-state index >= 15 is 9.13 Å². The fourth-order valence-electron chi connectivity index (χ4n) is 5.21. The molecule has 0 saturated heterocycles. The molecule has 0 bridgehead atoms. The van der Waals surface area contributed by atoms with Gasteiger partial charge in [0.2, 0.25) is 0 Å². The van der Waals surface area contributed by atoms with Crippen LogP contribution in [0.3, 0.4) is 0 Å². The Morgan fingerprint density at radius 1 is 0.364 bits per heavy atom. The SMILES string of the molecule is O=P(c1ccccc1)(c1ccccc1)C(P(Sc1ccccc1)Sc1ccccc1)P(=O)(c1ccccc1)c1ccccc1. The first-order chi connectivity index (χ1) is 21.6. The largest absolute Gasteiger partial charge is 0.312 e. The Labute approximate surface area is 269 Å². The average molecular weight is 665 g/mol. The number of rotatable bonds is 11. The van der Waals surface area contributed by atoms with Crippen LogP contribution in [0.25, 0.3) is 0 Å². The minimum absolute atomic E-state index is 0.720. The quantitative estimate of drug-likeness (QED) is 0.129. The number of benzene rings is 6. The topological polar surface area (TPSA) is 34.1 Å². The highest BCUT2D eigenvalue weighted by atomic mass is 33.1. The molecule has 0 heterocycles. The first-order valence-corrected chi connectivity index (χ1v) is 22.1. The minimum Gasteiger partial charge on any atom is -0.312 e. The van der Waals surface area contributed by atoms with Gasteiger partial charge in [-0.05, 0) is 24.3 Å². The van der Waals surface area contributed by atoms with Crippen molar-refractivity contribution in [2.75, 3.05) is 0 Å². The zero-order chi connectivity index (χ0) is 30.2. The van der Waals surface area contributed by atoms with Crippen LogP contribution in [0.5, 0.6) is 0 Å². The van der Waals surface area contributed by atoms with E-state index in [0.29, 0.717) is 0 Å². The maximum atomic E-state index is 16.5. The molecule has 6 rings (SSSR count). The smallest absolute Gasteiger partial charge is 0.159 e. The van der Waals surface area contributed by atoms with Crippen molar-refractivity contribution in [2.24, 2.45) is 0 Å². The van der Waals surface area contributed by atoms with Crippen LogP contribution in [0, 0.1) is 0 Å². The van der Waals surface area contributed by atoms with E-state index in [-0.39, 0.29) is 0 Å². The van der Waals surface area contributed by atoms with E-state index < -0.39 is 25.8 Å². The van der Waals surface area contributed by atoms with Crippen LogP contribution in [0.2, 0.25) is 0 Å². The van der Waals surface area contributed by atoms with E-state index in [1.54, 1.807) is 22.8 Å². The molecule has 44 heavy (non-hydrogen) atoms. The van der Waals surface area contributed by atoms with Gasteiger partial charge in [-0.15, -0.1) is 0 Å². The first-order valence-electron chi connectivity index (χ1n) is 14.3. The third-order valence-corrected chi connectivity index (χ3v) is 26.7. The lowest BCUT2D eigenvalue weighted by Crippen LogP contribution is -2.31. The second-order valence-electron chi connectivity index (χ2n) is 10.1. The zero-order valence-corrected chi connectivity index (χ0v) is 28.2. The Kier molecular flexibility index (Phi) is 10.1. The summed E-state index contributed by atoms with van der Waals surface area (Å²) in [5.41, 5.74) is 0. The van der Waals surface area contributed by atoms with Crippen molar-refractivity contribution in [3.8, 4) is 0 Å². The summed E-state index contributed by atoms with van der Waals surface area (Å²) in [7, 11) is -7.19. The summed E-state index contributed by atoms with van der Waals surface area (Å²) in [5, 5.41) is 2.16. The Hall–Kier alpha value is -3.09. The van der Waals surface area contributed by atoms with Crippen molar-refractivity contribution in [1.29, 1.82) is 0 Å². The van der Waals surface area contributed by atoms with E-state index in [1.807, 2.05) is 158 Å². The molecule has 0 aromatic heterocycles. The molecular weight excluding hydrogens is 633 g/mol. The molecule has 0 aliphatic rings. The molecule has 0 aliphatic carbocycles. The molecule has 0 N–H and O–H groups in total. The van der Waals surface area contributed by atoms with E-state index in [9.17, 15) is 0 Å². The van der Waals surface area contributed by atoms with Gasteiger partial charge in [-0.1, -0.05) is 180 Å². The van der Waals surface area contributed by atoms with E-state index in [2.05, 4.69) is 24.3 Å². The zero-order valence-electron chi connectivity index (χ0n) is 23.9. The third kappa shape index (κ3) is 6.48. The van der Waals surface area contributed by atoms with Crippen molar-refractivity contribution in [2.45, 2.75) is 14.9 Å². The molecule has 0 radical (unpaired) electrons. The normalized spacial score (nSPS) is 12.0. The maximum Gasteiger partial charge on any atom is 0.159 e. The van der Waals surface area contributed by atoms with Gasteiger partial charge >= 0.3 is 0 Å². The molecular formula is C37H31O2P3S2. The number of hydrogen-bond donors (Lipinski definition) is 0. The summed E-state index contributed by atoms with van der Waals surface area (Å²) in [6, 6.07) is 59.4. The Balaban J connectivity index is 1.71. The molecule has 0 saturated carbocycles. The molecule has 0 amide bonds. The Morgan fingerprint density at radius 3 is 0.841 bits per heavy atom. The van der Waals surface area contributed by atoms with Gasteiger partial charge in [0.25, 0.3) is 0 Å². The molecule has 0 unspecified atom stereocenters. The molecule has 0 spiro atoms. The van der Waals surface area contributed by atoms with Crippen LogP contribution in [-0.2, 0) is 9.13 Å². The molecule has 0 fully saturated rings. The van der Waals surface area contributed by atoms with Gasteiger partial charge in [0.05, 0.1) is 0 Å². The van der Waals surface area contributed by atoms with Gasteiger partial charge in [0, 0.05) is 37.3 Å². The highest BCUT2D eigenvalue weighted by Crippen LogP contribution is 2.85. The highest BCUT2D eigenvalue weighted by molar-refractivity contribution is 8.89. The van der Waals surface area contributed by atoms with Gasteiger partial charge in [0.15, 0.2) is 14.3 Å². The van der Waals surface area contributed by atoms with Crippen molar-refractivity contribution in [3.63, 3.8) is 0 Å². The summed E-state index contributed by atoms with van der Waals surface area (Å²) < 4.78 is 33.1.